The topological polar surface area (TPSA) is 72.6 Å². The number of amides is 1. The highest BCUT2D eigenvalue weighted by molar-refractivity contribution is 9.10. The molecule has 0 radical (unpaired) electrons. The number of unbranched alkanes of at least 4 members (excludes halogenated alkanes) is 3. The van der Waals surface area contributed by atoms with Gasteiger partial charge in [0.15, 0.2) is 5.43 Å². The smallest absolute Gasteiger partial charge is 0.296 e. The lowest BCUT2D eigenvalue weighted by atomic mass is 9.98. The number of ether oxygens (including phenoxy) is 1. The number of aryl methyl sites for hydroxylation is 1. The maximum atomic E-state index is 13.7. The highest BCUT2D eigenvalue weighted by Gasteiger charge is 2.44. The minimum Gasteiger partial charge on any atom is -0.494 e. The van der Waals surface area contributed by atoms with E-state index in [1.165, 1.54) is 12.8 Å². The zero-order valence-electron chi connectivity index (χ0n) is 20.3. The summed E-state index contributed by atoms with van der Waals surface area (Å²) in [5, 5.41) is 0.423. The third kappa shape index (κ3) is 4.55. The molecule has 5 rings (SSSR count). The van der Waals surface area contributed by atoms with Gasteiger partial charge in [0.05, 0.1) is 23.6 Å². The van der Waals surface area contributed by atoms with E-state index < -0.39 is 6.04 Å². The van der Waals surface area contributed by atoms with Crippen molar-refractivity contribution in [1.29, 1.82) is 0 Å². The Morgan fingerprint density at radius 2 is 1.83 bits per heavy atom. The van der Waals surface area contributed by atoms with Crippen LogP contribution in [0.5, 0.6) is 5.75 Å². The van der Waals surface area contributed by atoms with Gasteiger partial charge in [-0.15, -0.1) is 0 Å². The summed E-state index contributed by atoms with van der Waals surface area (Å²) in [7, 11) is 0. The Bertz CT molecular complexity index is 1480. The SMILES string of the molecule is CCCCCCOc1ccc(C2c3c(oc4ccc(Br)cc4c3=O)C(=O)N2c2cc(C)ccn2)cc1. The number of fused-ring (bicyclic) bond motifs is 2. The van der Waals surface area contributed by atoms with E-state index in [0.717, 1.165) is 34.2 Å². The molecular weight excluding hydrogens is 520 g/mol. The molecule has 0 fully saturated rings. The summed E-state index contributed by atoms with van der Waals surface area (Å²) < 4.78 is 12.7. The molecule has 0 N–H and O–H groups in total. The van der Waals surface area contributed by atoms with Crippen LogP contribution in [-0.2, 0) is 0 Å². The molecule has 0 saturated heterocycles. The lowest BCUT2D eigenvalue weighted by Gasteiger charge is -2.24. The van der Waals surface area contributed by atoms with Crippen molar-refractivity contribution in [3.63, 3.8) is 0 Å². The van der Waals surface area contributed by atoms with Crippen LogP contribution in [0.2, 0.25) is 0 Å². The number of halogens is 1. The molecule has 3 heterocycles. The van der Waals surface area contributed by atoms with Gasteiger partial charge in [-0.3, -0.25) is 14.5 Å². The number of anilines is 1. The Kier molecular flexibility index (Phi) is 6.92. The molecule has 0 spiro atoms. The number of pyridine rings is 1. The molecule has 1 aliphatic rings. The van der Waals surface area contributed by atoms with Crippen molar-refractivity contribution in [2.24, 2.45) is 0 Å². The molecule has 6 nitrogen and oxygen atoms in total. The number of nitrogens with zero attached hydrogens (tertiary/aromatic N) is 2. The summed E-state index contributed by atoms with van der Waals surface area (Å²) in [6.45, 7) is 4.78. The highest BCUT2D eigenvalue weighted by atomic mass is 79.9. The van der Waals surface area contributed by atoms with Crippen molar-refractivity contribution >= 4 is 38.6 Å². The molecule has 2 aromatic heterocycles. The Morgan fingerprint density at radius 1 is 1.03 bits per heavy atom. The van der Waals surface area contributed by atoms with Gasteiger partial charge in [-0.2, -0.15) is 0 Å². The predicted octanol–water partition coefficient (Wildman–Crippen LogP) is 6.97. The van der Waals surface area contributed by atoms with E-state index in [1.807, 2.05) is 43.3 Å². The highest BCUT2D eigenvalue weighted by Crippen LogP contribution is 2.41. The second kappa shape index (κ2) is 10.3. The van der Waals surface area contributed by atoms with E-state index >= 15 is 0 Å². The standard InChI is InChI=1S/C29H27BrN2O4/c1-3-4-5-6-15-35-21-10-7-19(8-11-21)26-25-27(33)22-17-20(30)9-12-23(22)36-28(25)29(34)32(26)24-16-18(2)13-14-31-24/h7-14,16-17,26H,3-6,15H2,1-2H3. The van der Waals surface area contributed by atoms with Gasteiger partial charge in [-0.05, 0) is 66.9 Å². The van der Waals surface area contributed by atoms with Gasteiger partial charge in [-0.1, -0.05) is 54.2 Å². The third-order valence-corrected chi connectivity index (χ3v) is 6.94. The summed E-state index contributed by atoms with van der Waals surface area (Å²) in [6, 6.07) is 15.8. The van der Waals surface area contributed by atoms with Crippen LogP contribution in [0, 0.1) is 6.92 Å². The van der Waals surface area contributed by atoms with Gasteiger partial charge in [0.1, 0.15) is 17.2 Å². The van der Waals surface area contributed by atoms with Gasteiger partial charge < -0.3 is 9.15 Å². The van der Waals surface area contributed by atoms with E-state index in [2.05, 4.69) is 27.8 Å². The van der Waals surface area contributed by atoms with Crippen molar-refractivity contribution in [3.05, 3.63) is 97.9 Å². The first-order chi connectivity index (χ1) is 17.5. The van der Waals surface area contributed by atoms with Crippen LogP contribution < -0.4 is 15.1 Å². The van der Waals surface area contributed by atoms with Gasteiger partial charge >= 0.3 is 0 Å². The predicted molar refractivity (Wildman–Crippen MR) is 144 cm³/mol. The minimum absolute atomic E-state index is 0.0550. The Morgan fingerprint density at radius 3 is 2.58 bits per heavy atom. The average Bonchev–Trinajstić information content (AvgIpc) is 3.17. The number of rotatable bonds is 8. The number of carbonyl (C=O) groups is 1. The van der Waals surface area contributed by atoms with Gasteiger partial charge in [0.25, 0.3) is 5.91 Å². The molecular formula is C29H27BrN2O4. The first kappa shape index (κ1) is 24.3. The molecule has 36 heavy (non-hydrogen) atoms. The molecule has 4 aromatic rings. The van der Waals surface area contributed by atoms with Crippen molar-refractivity contribution < 1.29 is 13.9 Å². The number of aromatic nitrogens is 1. The zero-order chi connectivity index (χ0) is 25.2. The number of carbonyl (C=O) groups excluding carboxylic acids is 1. The fourth-order valence-corrected chi connectivity index (χ4v) is 4.98. The Balaban J connectivity index is 1.58. The lowest BCUT2D eigenvalue weighted by molar-refractivity contribution is 0.0970. The third-order valence-electron chi connectivity index (χ3n) is 6.44. The molecule has 1 atom stereocenters. The van der Waals surface area contributed by atoms with Crippen LogP contribution in [0.4, 0.5) is 5.82 Å². The molecule has 1 amide bonds. The Labute approximate surface area is 218 Å². The Hall–Kier alpha value is -3.45. The van der Waals surface area contributed by atoms with E-state index in [1.54, 1.807) is 29.3 Å². The molecule has 7 heteroatoms. The maximum absolute atomic E-state index is 13.7. The largest absolute Gasteiger partial charge is 0.494 e. The molecule has 0 bridgehead atoms. The average molecular weight is 547 g/mol. The quantitative estimate of drug-likeness (QED) is 0.223. The number of hydrogen-bond acceptors (Lipinski definition) is 5. The summed E-state index contributed by atoms with van der Waals surface area (Å²) in [5.41, 5.74) is 2.22. The summed E-state index contributed by atoms with van der Waals surface area (Å²) in [6.07, 6.45) is 6.21. The monoisotopic (exact) mass is 546 g/mol. The van der Waals surface area contributed by atoms with Gasteiger partial charge in [0, 0.05) is 10.7 Å². The first-order valence-electron chi connectivity index (χ1n) is 12.2. The molecule has 2 aromatic carbocycles. The maximum Gasteiger partial charge on any atom is 0.296 e. The minimum atomic E-state index is -0.667. The van der Waals surface area contributed by atoms with Crippen LogP contribution in [0.3, 0.4) is 0 Å². The van der Waals surface area contributed by atoms with E-state index in [9.17, 15) is 9.59 Å². The van der Waals surface area contributed by atoms with Crippen LogP contribution in [-0.4, -0.2) is 17.5 Å². The zero-order valence-corrected chi connectivity index (χ0v) is 21.9. The summed E-state index contributed by atoms with van der Waals surface area (Å²) in [4.78, 5) is 33.4. The fourth-order valence-electron chi connectivity index (χ4n) is 4.61. The van der Waals surface area contributed by atoms with Crippen LogP contribution in [0.15, 0.2) is 74.5 Å². The van der Waals surface area contributed by atoms with Crippen molar-refractivity contribution in [2.75, 3.05) is 11.5 Å². The summed E-state index contributed by atoms with van der Waals surface area (Å²) in [5.74, 6) is 0.900. The fraction of sp³-hybridized carbons (Fsp3) is 0.276. The molecule has 1 unspecified atom stereocenters. The second-order valence-electron chi connectivity index (χ2n) is 9.06. The van der Waals surface area contributed by atoms with Gasteiger partial charge in [-0.25, -0.2) is 4.98 Å². The number of benzene rings is 2. The number of hydrogen-bond donors (Lipinski definition) is 0. The molecule has 184 valence electrons. The molecule has 0 aliphatic carbocycles. The summed E-state index contributed by atoms with van der Waals surface area (Å²) >= 11 is 3.44. The van der Waals surface area contributed by atoms with Crippen molar-refractivity contribution in [3.8, 4) is 5.75 Å². The lowest BCUT2D eigenvalue weighted by Crippen LogP contribution is -2.30. The van der Waals surface area contributed by atoms with Crippen LogP contribution >= 0.6 is 15.9 Å². The van der Waals surface area contributed by atoms with Crippen LogP contribution in [0.25, 0.3) is 11.0 Å². The normalized spacial score (nSPS) is 14.9. The first-order valence-corrected chi connectivity index (χ1v) is 13.0. The second-order valence-corrected chi connectivity index (χ2v) is 9.98. The van der Waals surface area contributed by atoms with Gasteiger partial charge in [0.2, 0.25) is 5.76 Å². The van der Waals surface area contributed by atoms with E-state index in [0.29, 0.717) is 29.0 Å². The van der Waals surface area contributed by atoms with Crippen LogP contribution in [0.1, 0.15) is 65.9 Å². The molecule has 0 saturated carbocycles. The van der Waals surface area contributed by atoms with Crippen molar-refractivity contribution in [2.45, 2.75) is 45.6 Å². The van der Waals surface area contributed by atoms with E-state index in [4.69, 9.17) is 9.15 Å². The van der Waals surface area contributed by atoms with Crippen molar-refractivity contribution in [1.82, 2.24) is 4.98 Å². The molecule has 1 aliphatic heterocycles. The van der Waals surface area contributed by atoms with E-state index in [-0.39, 0.29) is 17.1 Å².